The first kappa shape index (κ1) is 16.5. The van der Waals surface area contributed by atoms with Gasteiger partial charge in [-0.3, -0.25) is 0 Å². The van der Waals surface area contributed by atoms with Gasteiger partial charge in [0, 0.05) is 11.3 Å². The fourth-order valence-corrected chi connectivity index (χ4v) is 3.18. The van der Waals surface area contributed by atoms with E-state index in [4.69, 9.17) is 4.74 Å². The van der Waals surface area contributed by atoms with Crippen LogP contribution in [0.1, 0.15) is 12.2 Å². The lowest BCUT2D eigenvalue weighted by molar-refractivity contribution is 0.318. The van der Waals surface area contributed by atoms with Crippen LogP contribution in [0.2, 0.25) is 0 Å². The number of para-hydroxylation sites is 1. The fraction of sp³-hybridized carbons (Fsp3) is 0.200. The molecule has 0 unspecified atom stereocenters. The Labute approximate surface area is 147 Å². The zero-order valence-electron chi connectivity index (χ0n) is 13.7. The molecule has 0 saturated carbocycles. The second kappa shape index (κ2) is 8.50. The van der Waals surface area contributed by atoms with Crippen molar-refractivity contribution in [2.24, 2.45) is 0 Å². The van der Waals surface area contributed by atoms with Crippen molar-refractivity contribution in [1.29, 1.82) is 0 Å². The van der Waals surface area contributed by atoms with Crippen LogP contribution in [0.25, 0.3) is 11.3 Å². The number of hydrogen-bond donors (Lipinski definition) is 0. The number of benzene rings is 2. The molecule has 3 rings (SSSR count). The minimum absolute atomic E-state index is 0.715. The number of ether oxygens (including phenoxy) is 1. The zero-order valence-corrected chi connectivity index (χ0v) is 14.5. The molecule has 0 N–H and O–H groups in total. The van der Waals surface area contributed by atoms with Crippen molar-refractivity contribution in [3.8, 4) is 17.0 Å². The quantitative estimate of drug-likeness (QED) is 0.345. The van der Waals surface area contributed by atoms with Gasteiger partial charge in [0.2, 0.25) is 0 Å². The Kier molecular flexibility index (Phi) is 5.85. The van der Waals surface area contributed by atoms with Crippen LogP contribution in [0.3, 0.4) is 0 Å². The predicted octanol–water partition coefficient (Wildman–Crippen LogP) is 5.01. The Bertz CT molecular complexity index is 763. The summed E-state index contributed by atoms with van der Waals surface area (Å²) in [6.07, 6.45) is 0.975. The monoisotopic (exact) mass is 336 g/mol. The Hall–Kier alpha value is -2.33. The molecule has 1 heterocycles. The van der Waals surface area contributed by atoms with Crippen molar-refractivity contribution in [3.63, 3.8) is 0 Å². The van der Waals surface area contributed by atoms with Gasteiger partial charge in [-0.2, -0.15) is 0 Å². The molecule has 0 aliphatic heterocycles. The van der Waals surface area contributed by atoms with Crippen molar-refractivity contribution < 1.29 is 4.74 Å². The maximum atomic E-state index is 5.71. The van der Waals surface area contributed by atoms with Gasteiger partial charge in [0.15, 0.2) is 0 Å². The minimum atomic E-state index is 0.715. The standard InChI is InChI=1S/C20H20N2OS/c1-16-21-19(17-9-4-2-5-10-17)15-20(22-16)24-14-8-13-23-18-11-6-3-7-12-18/h2-7,9-12,15H,8,13-14H2,1H3. The molecule has 0 fully saturated rings. The first-order chi connectivity index (χ1) is 11.8. The summed E-state index contributed by atoms with van der Waals surface area (Å²) >= 11 is 1.75. The van der Waals surface area contributed by atoms with Crippen LogP contribution in [-0.4, -0.2) is 22.3 Å². The van der Waals surface area contributed by atoms with Crippen LogP contribution >= 0.6 is 11.8 Å². The largest absolute Gasteiger partial charge is 0.494 e. The summed E-state index contributed by atoms with van der Waals surface area (Å²) in [6, 6.07) is 22.2. The third-order valence-electron chi connectivity index (χ3n) is 3.43. The molecule has 1 aromatic heterocycles. The van der Waals surface area contributed by atoms with Gasteiger partial charge in [-0.1, -0.05) is 48.5 Å². The van der Waals surface area contributed by atoms with E-state index in [0.717, 1.165) is 40.0 Å². The number of aryl methyl sites for hydroxylation is 1. The molecule has 4 heteroatoms. The highest BCUT2D eigenvalue weighted by atomic mass is 32.2. The summed E-state index contributed by atoms with van der Waals surface area (Å²) in [7, 11) is 0. The molecule has 2 aromatic carbocycles. The molecule has 0 spiro atoms. The average Bonchev–Trinajstić information content (AvgIpc) is 2.63. The van der Waals surface area contributed by atoms with Gasteiger partial charge in [0.05, 0.1) is 12.3 Å². The number of aromatic nitrogens is 2. The lowest BCUT2D eigenvalue weighted by Crippen LogP contribution is -1.99. The predicted molar refractivity (Wildman–Crippen MR) is 99.5 cm³/mol. The molecule has 0 amide bonds. The molecule has 0 saturated heterocycles. The summed E-state index contributed by atoms with van der Waals surface area (Å²) in [5, 5.41) is 1.01. The van der Waals surface area contributed by atoms with E-state index >= 15 is 0 Å². The van der Waals surface area contributed by atoms with E-state index < -0.39 is 0 Å². The third-order valence-corrected chi connectivity index (χ3v) is 4.43. The van der Waals surface area contributed by atoms with Gasteiger partial charge in [-0.05, 0) is 31.5 Å². The van der Waals surface area contributed by atoms with Gasteiger partial charge >= 0.3 is 0 Å². The number of rotatable bonds is 7. The van der Waals surface area contributed by atoms with E-state index in [1.54, 1.807) is 11.8 Å². The summed E-state index contributed by atoms with van der Waals surface area (Å²) in [6.45, 7) is 2.65. The van der Waals surface area contributed by atoms with Gasteiger partial charge in [-0.25, -0.2) is 9.97 Å². The number of nitrogens with zero attached hydrogens (tertiary/aromatic N) is 2. The first-order valence-corrected chi connectivity index (χ1v) is 9.01. The molecule has 0 atom stereocenters. The first-order valence-electron chi connectivity index (χ1n) is 8.03. The Morgan fingerprint density at radius 3 is 2.38 bits per heavy atom. The van der Waals surface area contributed by atoms with E-state index in [9.17, 15) is 0 Å². The highest BCUT2D eigenvalue weighted by Gasteiger charge is 2.05. The van der Waals surface area contributed by atoms with E-state index in [0.29, 0.717) is 6.61 Å². The van der Waals surface area contributed by atoms with Gasteiger partial charge < -0.3 is 4.74 Å². The van der Waals surface area contributed by atoms with Crippen LogP contribution in [0.5, 0.6) is 5.75 Å². The van der Waals surface area contributed by atoms with Crippen molar-refractivity contribution in [3.05, 3.63) is 72.6 Å². The van der Waals surface area contributed by atoms with Crippen LogP contribution in [-0.2, 0) is 0 Å². The Morgan fingerprint density at radius 1 is 0.917 bits per heavy atom. The molecule has 3 nitrogen and oxygen atoms in total. The minimum Gasteiger partial charge on any atom is -0.494 e. The van der Waals surface area contributed by atoms with Crippen LogP contribution < -0.4 is 4.74 Å². The average molecular weight is 336 g/mol. The van der Waals surface area contributed by atoms with Crippen molar-refractivity contribution in [2.75, 3.05) is 12.4 Å². The van der Waals surface area contributed by atoms with E-state index in [-0.39, 0.29) is 0 Å². The molecule has 122 valence electrons. The topological polar surface area (TPSA) is 35.0 Å². The van der Waals surface area contributed by atoms with E-state index in [1.165, 1.54) is 0 Å². The summed E-state index contributed by atoms with van der Waals surface area (Å²) in [5.74, 6) is 2.70. The molecular formula is C20H20N2OS. The molecule has 0 aliphatic carbocycles. The van der Waals surface area contributed by atoms with Gasteiger partial charge in [-0.15, -0.1) is 11.8 Å². The highest BCUT2D eigenvalue weighted by Crippen LogP contribution is 2.23. The lowest BCUT2D eigenvalue weighted by Gasteiger charge is -2.07. The van der Waals surface area contributed by atoms with Crippen molar-refractivity contribution >= 4 is 11.8 Å². The normalized spacial score (nSPS) is 10.5. The molecule has 0 radical (unpaired) electrons. The summed E-state index contributed by atoms with van der Waals surface area (Å²) < 4.78 is 5.71. The van der Waals surface area contributed by atoms with Crippen LogP contribution in [0, 0.1) is 6.92 Å². The van der Waals surface area contributed by atoms with Crippen molar-refractivity contribution in [1.82, 2.24) is 9.97 Å². The highest BCUT2D eigenvalue weighted by molar-refractivity contribution is 7.99. The lowest BCUT2D eigenvalue weighted by atomic mass is 10.1. The molecule has 24 heavy (non-hydrogen) atoms. The molecule has 0 bridgehead atoms. The van der Waals surface area contributed by atoms with Crippen LogP contribution in [0.15, 0.2) is 71.8 Å². The maximum absolute atomic E-state index is 5.71. The van der Waals surface area contributed by atoms with Gasteiger partial charge in [0.25, 0.3) is 0 Å². The number of thioether (sulfide) groups is 1. The summed E-state index contributed by atoms with van der Waals surface area (Å²) in [5.41, 5.74) is 2.10. The zero-order chi connectivity index (χ0) is 16.6. The maximum Gasteiger partial charge on any atom is 0.127 e. The summed E-state index contributed by atoms with van der Waals surface area (Å²) in [4.78, 5) is 9.07. The third kappa shape index (κ3) is 4.83. The number of hydrogen-bond acceptors (Lipinski definition) is 4. The van der Waals surface area contributed by atoms with Crippen LogP contribution in [0.4, 0.5) is 0 Å². The second-order valence-corrected chi connectivity index (χ2v) is 6.48. The smallest absolute Gasteiger partial charge is 0.127 e. The molecule has 0 aliphatic rings. The Morgan fingerprint density at radius 2 is 1.62 bits per heavy atom. The Balaban J connectivity index is 1.53. The second-order valence-electron chi connectivity index (χ2n) is 5.37. The van der Waals surface area contributed by atoms with E-state index in [2.05, 4.69) is 28.2 Å². The molecular weight excluding hydrogens is 316 g/mol. The van der Waals surface area contributed by atoms with E-state index in [1.807, 2.05) is 55.5 Å². The SMILES string of the molecule is Cc1nc(SCCCOc2ccccc2)cc(-c2ccccc2)n1. The fourth-order valence-electron chi connectivity index (χ4n) is 2.31. The van der Waals surface area contributed by atoms with Gasteiger partial charge in [0.1, 0.15) is 16.6 Å². The van der Waals surface area contributed by atoms with Crippen molar-refractivity contribution in [2.45, 2.75) is 18.4 Å². The molecule has 3 aromatic rings.